The minimum Gasteiger partial charge on any atom is -0.497 e. The first kappa shape index (κ1) is 23.2. The number of hydrogen-bond donors (Lipinski definition) is 1. The lowest BCUT2D eigenvalue weighted by molar-refractivity contribution is -0.147. The van der Waals surface area contributed by atoms with Gasteiger partial charge in [0, 0.05) is 10.6 Å². The zero-order valence-corrected chi connectivity index (χ0v) is 19.8. The lowest BCUT2D eigenvalue weighted by Gasteiger charge is -2.11. The van der Waals surface area contributed by atoms with Crippen LogP contribution in [-0.4, -0.2) is 35.1 Å². The summed E-state index contributed by atoms with van der Waals surface area (Å²) in [6, 6.07) is 15.0. The number of carbonyl (C=O) groups excluding carboxylic acids is 2. The second-order valence-corrected chi connectivity index (χ2v) is 8.76. The third kappa shape index (κ3) is 4.99. The summed E-state index contributed by atoms with van der Waals surface area (Å²) in [5.41, 5.74) is 3.67. The lowest BCUT2D eigenvalue weighted by Crippen LogP contribution is -2.27. The average Bonchev–Trinajstić information content (AvgIpc) is 3.27. The number of nitrogens with zero attached hydrogens (tertiary/aromatic N) is 2. The molecule has 0 aliphatic heterocycles. The van der Waals surface area contributed by atoms with Crippen LogP contribution in [0.1, 0.15) is 11.1 Å². The molecule has 4 rings (SSSR count). The number of aryl methyl sites for hydroxylation is 2. The number of aromatic nitrogens is 2. The van der Waals surface area contributed by atoms with Crippen LogP contribution in [0.2, 0.25) is 0 Å². The van der Waals surface area contributed by atoms with Gasteiger partial charge in [0.2, 0.25) is 0 Å². The summed E-state index contributed by atoms with van der Waals surface area (Å²) < 4.78 is 11.9. The van der Waals surface area contributed by atoms with Crippen LogP contribution in [0.15, 0.2) is 59.7 Å². The first-order valence-electron chi connectivity index (χ1n) is 10.5. The summed E-state index contributed by atoms with van der Waals surface area (Å²) in [4.78, 5) is 42.6. The highest BCUT2D eigenvalue weighted by atomic mass is 32.1. The standard InChI is InChI=1S/C25H23N3O5S/c1-15-5-4-6-16(2)23(15)27-21(29)13-33-22(30)12-28-14-26-19-11-20(34-24(19)25(28)31)17-7-9-18(32-3)10-8-17/h4-11,14H,12-13H2,1-3H3,(H,27,29). The van der Waals surface area contributed by atoms with Crippen LogP contribution in [-0.2, 0) is 20.9 Å². The number of amides is 1. The van der Waals surface area contributed by atoms with Crippen LogP contribution in [0.3, 0.4) is 0 Å². The number of rotatable bonds is 7. The summed E-state index contributed by atoms with van der Waals surface area (Å²) in [6.07, 6.45) is 1.31. The molecule has 0 saturated heterocycles. The largest absolute Gasteiger partial charge is 0.497 e. The van der Waals surface area contributed by atoms with Crippen molar-refractivity contribution in [1.29, 1.82) is 0 Å². The van der Waals surface area contributed by atoms with E-state index in [1.54, 1.807) is 7.11 Å². The Labute approximate surface area is 199 Å². The number of nitrogens with one attached hydrogen (secondary N) is 1. The molecular weight excluding hydrogens is 454 g/mol. The zero-order valence-electron chi connectivity index (χ0n) is 19.0. The third-order valence-corrected chi connectivity index (χ3v) is 6.45. The molecule has 9 heteroatoms. The molecule has 8 nitrogen and oxygen atoms in total. The Hall–Kier alpha value is -3.98. The van der Waals surface area contributed by atoms with Crippen LogP contribution in [0.25, 0.3) is 20.7 Å². The van der Waals surface area contributed by atoms with Crippen molar-refractivity contribution in [2.24, 2.45) is 0 Å². The molecule has 34 heavy (non-hydrogen) atoms. The SMILES string of the molecule is COc1ccc(-c2cc3ncn(CC(=O)OCC(=O)Nc4c(C)cccc4C)c(=O)c3s2)cc1. The van der Waals surface area contributed by atoms with E-state index in [-0.39, 0.29) is 12.1 Å². The van der Waals surface area contributed by atoms with Crippen LogP contribution < -0.4 is 15.6 Å². The van der Waals surface area contributed by atoms with E-state index in [1.807, 2.05) is 62.4 Å². The van der Waals surface area contributed by atoms with E-state index in [0.717, 1.165) is 27.3 Å². The third-order valence-electron chi connectivity index (χ3n) is 5.29. The van der Waals surface area contributed by atoms with E-state index in [4.69, 9.17) is 9.47 Å². The first-order chi connectivity index (χ1) is 16.4. The molecule has 2 aromatic carbocycles. The Morgan fingerprint density at radius 1 is 1.09 bits per heavy atom. The van der Waals surface area contributed by atoms with Crippen LogP contribution in [0.5, 0.6) is 5.75 Å². The van der Waals surface area contributed by atoms with Gasteiger partial charge in [0.05, 0.1) is 19.0 Å². The number of carbonyl (C=O) groups is 2. The molecule has 0 bridgehead atoms. The van der Waals surface area contributed by atoms with Crippen molar-refractivity contribution in [3.05, 3.63) is 76.3 Å². The highest BCUT2D eigenvalue weighted by molar-refractivity contribution is 7.22. The molecule has 1 N–H and O–H groups in total. The van der Waals surface area contributed by atoms with Gasteiger partial charge in [-0.25, -0.2) is 4.98 Å². The average molecular weight is 478 g/mol. The molecule has 0 fully saturated rings. The fraction of sp³-hybridized carbons (Fsp3) is 0.200. The Morgan fingerprint density at radius 2 is 1.79 bits per heavy atom. The van der Waals surface area contributed by atoms with Crippen molar-refractivity contribution in [1.82, 2.24) is 9.55 Å². The Bertz CT molecular complexity index is 1400. The molecule has 0 atom stereocenters. The molecule has 0 saturated carbocycles. The number of esters is 1. The second-order valence-electron chi connectivity index (χ2n) is 7.71. The molecule has 0 unspecified atom stereocenters. The number of benzene rings is 2. The summed E-state index contributed by atoms with van der Waals surface area (Å²) in [7, 11) is 1.60. The summed E-state index contributed by atoms with van der Waals surface area (Å²) in [5, 5.41) is 2.76. The van der Waals surface area contributed by atoms with Crippen molar-refractivity contribution in [3.63, 3.8) is 0 Å². The molecule has 0 spiro atoms. The highest BCUT2D eigenvalue weighted by Crippen LogP contribution is 2.31. The lowest BCUT2D eigenvalue weighted by atomic mass is 10.1. The zero-order chi connectivity index (χ0) is 24.2. The van der Waals surface area contributed by atoms with E-state index >= 15 is 0 Å². The van der Waals surface area contributed by atoms with Gasteiger partial charge in [-0.15, -0.1) is 11.3 Å². The highest BCUT2D eigenvalue weighted by Gasteiger charge is 2.15. The summed E-state index contributed by atoms with van der Waals surface area (Å²) in [6.45, 7) is 2.98. The van der Waals surface area contributed by atoms with E-state index in [2.05, 4.69) is 10.3 Å². The molecule has 0 radical (unpaired) electrons. The Morgan fingerprint density at radius 3 is 2.47 bits per heavy atom. The van der Waals surface area contributed by atoms with Gasteiger partial charge in [0.1, 0.15) is 17.0 Å². The summed E-state index contributed by atoms with van der Waals surface area (Å²) in [5.74, 6) is -0.410. The van der Waals surface area contributed by atoms with Gasteiger partial charge in [-0.05, 0) is 60.9 Å². The molecule has 2 heterocycles. The molecule has 0 aliphatic carbocycles. The number of hydrogen-bond acceptors (Lipinski definition) is 7. The predicted molar refractivity (Wildman–Crippen MR) is 131 cm³/mol. The molecule has 174 valence electrons. The van der Waals surface area contributed by atoms with Crippen molar-refractivity contribution in [2.45, 2.75) is 20.4 Å². The Kier molecular flexibility index (Phi) is 6.74. The molecule has 2 aromatic heterocycles. The van der Waals surface area contributed by atoms with E-state index in [1.165, 1.54) is 22.2 Å². The Balaban J connectivity index is 1.42. The quantitative estimate of drug-likeness (QED) is 0.405. The fourth-order valence-corrected chi connectivity index (χ4v) is 4.54. The van der Waals surface area contributed by atoms with Gasteiger partial charge in [-0.1, -0.05) is 18.2 Å². The smallest absolute Gasteiger partial charge is 0.326 e. The summed E-state index contributed by atoms with van der Waals surface area (Å²) >= 11 is 1.30. The van der Waals surface area contributed by atoms with Gasteiger partial charge in [0.15, 0.2) is 6.61 Å². The number of fused-ring (bicyclic) bond motifs is 1. The van der Waals surface area contributed by atoms with E-state index in [9.17, 15) is 14.4 Å². The van der Waals surface area contributed by atoms with Gasteiger partial charge in [-0.3, -0.25) is 19.0 Å². The monoisotopic (exact) mass is 477 g/mol. The van der Waals surface area contributed by atoms with Gasteiger partial charge >= 0.3 is 5.97 Å². The van der Waals surface area contributed by atoms with Crippen LogP contribution in [0.4, 0.5) is 5.69 Å². The topological polar surface area (TPSA) is 99.5 Å². The maximum atomic E-state index is 12.9. The minimum atomic E-state index is -0.702. The van der Waals surface area contributed by atoms with Crippen LogP contribution >= 0.6 is 11.3 Å². The maximum absolute atomic E-state index is 12.9. The minimum absolute atomic E-state index is 0.339. The number of methoxy groups -OCH3 is 1. The molecular formula is C25H23N3O5S. The second kappa shape index (κ2) is 9.88. The van der Waals surface area contributed by atoms with Gasteiger partial charge in [-0.2, -0.15) is 0 Å². The number of thiophene rings is 1. The van der Waals surface area contributed by atoms with E-state index < -0.39 is 18.5 Å². The van der Waals surface area contributed by atoms with Gasteiger partial charge in [0.25, 0.3) is 11.5 Å². The molecule has 1 amide bonds. The van der Waals surface area contributed by atoms with Crippen molar-refractivity contribution >= 4 is 39.1 Å². The fourth-order valence-electron chi connectivity index (χ4n) is 3.47. The maximum Gasteiger partial charge on any atom is 0.326 e. The number of para-hydroxylation sites is 1. The van der Waals surface area contributed by atoms with Crippen molar-refractivity contribution in [2.75, 3.05) is 19.0 Å². The van der Waals surface area contributed by atoms with Crippen LogP contribution in [0, 0.1) is 13.8 Å². The normalized spacial score (nSPS) is 10.8. The molecule has 0 aliphatic rings. The molecule has 4 aromatic rings. The van der Waals surface area contributed by atoms with Crippen molar-refractivity contribution in [3.8, 4) is 16.2 Å². The van der Waals surface area contributed by atoms with Gasteiger partial charge < -0.3 is 14.8 Å². The predicted octanol–water partition coefficient (Wildman–Crippen LogP) is 3.93. The number of ether oxygens (including phenoxy) is 2. The first-order valence-corrected chi connectivity index (χ1v) is 11.3. The van der Waals surface area contributed by atoms with E-state index in [0.29, 0.717) is 15.9 Å². The van der Waals surface area contributed by atoms with Crippen molar-refractivity contribution < 1.29 is 19.1 Å². The number of anilines is 1.